The molecule has 0 atom stereocenters. The van der Waals surface area contributed by atoms with E-state index in [-0.39, 0.29) is 6.61 Å². The van der Waals surface area contributed by atoms with Crippen LogP contribution < -0.4 is 19.5 Å². The first-order valence-corrected chi connectivity index (χ1v) is 10.2. The van der Waals surface area contributed by atoms with Crippen LogP contribution in [-0.2, 0) is 14.3 Å². The number of para-hydroxylation sites is 3. The largest absolute Gasteiger partial charge is 0.493 e. The van der Waals surface area contributed by atoms with Crippen LogP contribution in [0.25, 0.3) is 6.08 Å². The Labute approximate surface area is 196 Å². The highest BCUT2D eigenvalue weighted by Crippen LogP contribution is 2.29. The third-order valence-corrected chi connectivity index (χ3v) is 4.37. The number of methoxy groups -OCH3 is 1. The van der Waals surface area contributed by atoms with Crippen molar-refractivity contribution in [2.24, 2.45) is 0 Å². The Morgan fingerprint density at radius 1 is 0.971 bits per heavy atom. The maximum atomic E-state index is 12.3. The topological polar surface area (TPSA) is 107 Å². The molecule has 1 N–H and O–H groups in total. The van der Waals surface area contributed by atoms with Crippen molar-refractivity contribution >= 4 is 23.6 Å². The number of carbonyl (C=O) groups excluding carboxylic acids is 2. The zero-order valence-corrected chi connectivity index (χ0v) is 18.4. The van der Waals surface area contributed by atoms with Crippen LogP contribution in [0.1, 0.15) is 5.56 Å². The summed E-state index contributed by atoms with van der Waals surface area (Å²) in [6, 6.07) is 23.0. The first-order chi connectivity index (χ1) is 16.6. The second kappa shape index (κ2) is 12.3. The van der Waals surface area contributed by atoms with Crippen molar-refractivity contribution in [2.45, 2.75) is 0 Å². The van der Waals surface area contributed by atoms with E-state index < -0.39 is 18.5 Å². The van der Waals surface area contributed by atoms with Gasteiger partial charge in [-0.3, -0.25) is 4.79 Å². The van der Waals surface area contributed by atoms with E-state index in [0.717, 1.165) is 0 Å². The lowest BCUT2D eigenvalue weighted by Crippen LogP contribution is -2.20. The van der Waals surface area contributed by atoms with Crippen LogP contribution in [0.3, 0.4) is 0 Å². The molecule has 0 aliphatic heterocycles. The van der Waals surface area contributed by atoms with Gasteiger partial charge in [0.2, 0.25) is 0 Å². The Kier molecular flexibility index (Phi) is 8.65. The van der Waals surface area contributed by atoms with E-state index in [1.54, 1.807) is 54.6 Å². The zero-order valence-electron chi connectivity index (χ0n) is 18.4. The Balaban J connectivity index is 1.53. The molecular weight excluding hydrogens is 436 g/mol. The minimum Gasteiger partial charge on any atom is -0.493 e. The molecule has 0 saturated heterocycles. The standard InChI is InChI=1S/C26H22N2O6/c1-31-24-17-19(11-13-23(24)32-16-15-27)12-14-26(30)33-18-25(29)28-21-9-5-6-10-22(21)34-20-7-3-2-4-8-20/h2-14,17H,16,18H2,1H3,(H,28,29)/b14-12+. The van der Waals surface area contributed by atoms with E-state index in [2.05, 4.69) is 5.32 Å². The summed E-state index contributed by atoms with van der Waals surface area (Å²) >= 11 is 0. The summed E-state index contributed by atoms with van der Waals surface area (Å²) in [5, 5.41) is 11.3. The molecule has 1 amide bonds. The van der Waals surface area contributed by atoms with Crippen LogP contribution in [-0.4, -0.2) is 32.2 Å². The fourth-order valence-corrected chi connectivity index (χ4v) is 2.83. The molecule has 0 fully saturated rings. The molecule has 3 aromatic rings. The number of nitrogens with zero attached hydrogens (tertiary/aromatic N) is 1. The van der Waals surface area contributed by atoms with Crippen LogP contribution in [0.2, 0.25) is 0 Å². The van der Waals surface area contributed by atoms with E-state index in [4.69, 9.17) is 24.2 Å². The summed E-state index contributed by atoms with van der Waals surface area (Å²) < 4.78 is 21.3. The number of benzene rings is 3. The van der Waals surface area contributed by atoms with Gasteiger partial charge in [0.1, 0.15) is 11.8 Å². The minimum atomic E-state index is -0.687. The van der Waals surface area contributed by atoms with Gasteiger partial charge in [-0.15, -0.1) is 0 Å². The first-order valence-electron chi connectivity index (χ1n) is 10.2. The molecule has 0 bridgehead atoms. The molecule has 0 heterocycles. The number of nitriles is 1. The summed E-state index contributed by atoms with van der Waals surface area (Å²) in [5.74, 6) is 0.726. The number of ether oxygens (including phenoxy) is 4. The molecule has 3 aromatic carbocycles. The van der Waals surface area contributed by atoms with E-state index in [1.807, 2.05) is 24.3 Å². The molecule has 0 unspecified atom stereocenters. The minimum absolute atomic E-state index is 0.108. The van der Waals surface area contributed by atoms with Gasteiger partial charge in [0.15, 0.2) is 30.5 Å². The third-order valence-electron chi connectivity index (χ3n) is 4.37. The highest BCUT2D eigenvalue weighted by atomic mass is 16.5. The maximum absolute atomic E-state index is 12.3. The van der Waals surface area contributed by atoms with Gasteiger partial charge in [0.25, 0.3) is 5.91 Å². The summed E-state index contributed by atoms with van der Waals surface area (Å²) in [4.78, 5) is 24.3. The van der Waals surface area contributed by atoms with Crippen LogP contribution in [0.4, 0.5) is 5.69 Å². The molecule has 0 saturated carbocycles. The lowest BCUT2D eigenvalue weighted by atomic mass is 10.2. The van der Waals surface area contributed by atoms with Crippen molar-refractivity contribution in [3.8, 4) is 29.1 Å². The number of anilines is 1. The normalized spacial score (nSPS) is 10.2. The maximum Gasteiger partial charge on any atom is 0.331 e. The van der Waals surface area contributed by atoms with Crippen LogP contribution >= 0.6 is 0 Å². The van der Waals surface area contributed by atoms with E-state index in [0.29, 0.717) is 34.2 Å². The van der Waals surface area contributed by atoms with E-state index in [1.165, 1.54) is 19.3 Å². The third kappa shape index (κ3) is 7.14. The smallest absolute Gasteiger partial charge is 0.331 e. The van der Waals surface area contributed by atoms with Gasteiger partial charge in [-0.1, -0.05) is 36.4 Å². The molecule has 0 aromatic heterocycles. The molecule has 8 nitrogen and oxygen atoms in total. The van der Waals surface area contributed by atoms with Crippen LogP contribution in [0.15, 0.2) is 78.9 Å². The van der Waals surface area contributed by atoms with E-state index in [9.17, 15) is 9.59 Å². The van der Waals surface area contributed by atoms with Crippen molar-refractivity contribution in [2.75, 3.05) is 25.6 Å². The lowest BCUT2D eigenvalue weighted by molar-refractivity contribution is -0.142. The van der Waals surface area contributed by atoms with Gasteiger partial charge >= 0.3 is 5.97 Å². The van der Waals surface area contributed by atoms with Crippen molar-refractivity contribution < 1.29 is 28.5 Å². The Bertz CT molecular complexity index is 1200. The molecule has 3 rings (SSSR count). The second-order valence-corrected chi connectivity index (χ2v) is 6.76. The molecule has 172 valence electrons. The number of esters is 1. The molecule has 8 heteroatoms. The number of nitrogens with one attached hydrogen (secondary N) is 1. The number of hydrogen-bond donors (Lipinski definition) is 1. The zero-order chi connectivity index (χ0) is 24.2. The molecule has 34 heavy (non-hydrogen) atoms. The summed E-state index contributed by atoms with van der Waals surface area (Å²) in [7, 11) is 1.47. The fourth-order valence-electron chi connectivity index (χ4n) is 2.83. The number of hydrogen-bond acceptors (Lipinski definition) is 7. The molecule has 0 aliphatic carbocycles. The quantitative estimate of drug-likeness (QED) is 0.350. The second-order valence-electron chi connectivity index (χ2n) is 6.76. The van der Waals surface area contributed by atoms with Crippen LogP contribution in [0.5, 0.6) is 23.0 Å². The average Bonchev–Trinajstić information content (AvgIpc) is 2.87. The number of rotatable bonds is 10. The predicted molar refractivity (Wildman–Crippen MR) is 126 cm³/mol. The van der Waals surface area contributed by atoms with Crippen molar-refractivity contribution in [3.63, 3.8) is 0 Å². The summed E-state index contributed by atoms with van der Waals surface area (Å²) in [6.45, 7) is -0.574. The van der Waals surface area contributed by atoms with Gasteiger partial charge in [-0.05, 0) is 48.0 Å². The molecule has 0 aliphatic rings. The first kappa shape index (κ1) is 23.9. The van der Waals surface area contributed by atoms with E-state index >= 15 is 0 Å². The van der Waals surface area contributed by atoms with Gasteiger partial charge in [0.05, 0.1) is 12.8 Å². The number of amides is 1. The summed E-state index contributed by atoms with van der Waals surface area (Å²) in [5.41, 5.74) is 1.10. The fraction of sp³-hybridized carbons (Fsp3) is 0.115. The molecule has 0 spiro atoms. The predicted octanol–water partition coefficient (Wildman–Crippen LogP) is 4.58. The summed E-state index contributed by atoms with van der Waals surface area (Å²) in [6.07, 6.45) is 2.71. The van der Waals surface area contributed by atoms with Gasteiger partial charge in [-0.2, -0.15) is 5.26 Å². The highest BCUT2D eigenvalue weighted by molar-refractivity contribution is 5.95. The van der Waals surface area contributed by atoms with Gasteiger partial charge < -0.3 is 24.3 Å². The SMILES string of the molecule is COc1cc(/C=C/C(=O)OCC(=O)Nc2ccccc2Oc2ccccc2)ccc1OCC#N. The lowest BCUT2D eigenvalue weighted by Gasteiger charge is -2.12. The molecule has 0 radical (unpaired) electrons. The molecular formula is C26H22N2O6. The monoisotopic (exact) mass is 458 g/mol. The van der Waals surface area contributed by atoms with Crippen LogP contribution in [0, 0.1) is 11.3 Å². The Hall–Kier alpha value is -4.77. The Morgan fingerprint density at radius 3 is 2.50 bits per heavy atom. The van der Waals surface area contributed by atoms with Crippen molar-refractivity contribution in [3.05, 3.63) is 84.4 Å². The highest BCUT2D eigenvalue weighted by Gasteiger charge is 2.10. The average molecular weight is 458 g/mol. The van der Waals surface area contributed by atoms with Gasteiger partial charge in [-0.25, -0.2) is 4.79 Å². The Morgan fingerprint density at radius 2 is 1.74 bits per heavy atom. The number of carbonyl (C=O) groups is 2. The van der Waals surface area contributed by atoms with Crippen molar-refractivity contribution in [1.29, 1.82) is 5.26 Å². The van der Waals surface area contributed by atoms with Crippen molar-refractivity contribution in [1.82, 2.24) is 0 Å². The van der Waals surface area contributed by atoms with Gasteiger partial charge in [0, 0.05) is 6.08 Å².